The van der Waals surface area contributed by atoms with E-state index in [0.29, 0.717) is 0 Å². The first-order valence-electron chi connectivity index (χ1n) is 8.16. The van der Waals surface area contributed by atoms with Crippen LogP contribution in [0.3, 0.4) is 0 Å². The van der Waals surface area contributed by atoms with Crippen LogP contribution in [0.15, 0.2) is 60.7 Å². The molecule has 0 atom stereocenters. The highest BCUT2D eigenvalue weighted by atomic mass is 14.6. The van der Waals surface area contributed by atoms with Crippen LogP contribution in [0.25, 0.3) is 43.1 Å². The van der Waals surface area contributed by atoms with Crippen molar-refractivity contribution in [2.75, 3.05) is 5.73 Å². The minimum Gasteiger partial charge on any atom is -0.398 e. The molecule has 1 heteroatoms. The van der Waals surface area contributed by atoms with Crippen molar-refractivity contribution in [3.05, 3.63) is 66.2 Å². The molecule has 0 unspecified atom stereocenters. The van der Waals surface area contributed by atoms with Gasteiger partial charge in [-0.25, -0.2) is 0 Å². The summed E-state index contributed by atoms with van der Waals surface area (Å²) in [6.07, 6.45) is 0.996. The molecule has 0 radical (unpaired) electrons. The molecule has 0 aliphatic heterocycles. The molecule has 0 spiro atoms. The summed E-state index contributed by atoms with van der Waals surface area (Å²) in [5, 5.41) is 10.4. The largest absolute Gasteiger partial charge is 0.398 e. The molecule has 0 aliphatic rings. The highest BCUT2D eigenvalue weighted by Crippen LogP contribution is 2.43. The normalized spacial score (nSPS) is 12.0. The van der Waals surface area contributed by atoms with E-state index >= 15 is 0 Å². The average molecular weight is 295 g/mol. The van der Waals surface area contributed by atoms with Gasteiger partial charge in [0.2, 0.25) is 0 Å². The topological polar surface area (TPSA) is 26.0 Å². The fraction of sp³-hybridized carbons (Fsp3) is 0.0909. The Morgan fingerprint density at radius 1 is 0.696 bits per heavy atom. The quantitative estimate of drug-likeness (QED) is 0.233. The molecule has 0 heterocycles. The smallest absolute Gasteiger partial charge is 0.0403 e. The summed E-state index contributed by atoms with van der Waals surface area (Å²) in [4.78, 5) is 0. The fourth-order valence-corrected chi connectivity index (χ4v) is 4.15. The van der Waals surface area contributed by atoms with Gasteiger partial charge in [-0.3, -0.25) is 0 Å². The van der Waals surface area contributed by atoms with E-state index in [4.69, 9.17) is 5.73 Å². The Kier molecular flexibility index (Phi) is 2.41. The van der Waals surface area contributed by atoms with Gasteiger partial charge in [-0.15, -0.1) is 0 Å². The second kappa shape index (κ2) is 4.36. The van der Waals surface area contributed by atoms with Crippen molar-refractivity contribution >= 4 is 48.8 Å². The van der Waals surface area contributed by atoms with Crippen molar-refractivity contribution in [3.63, 3.8) is 0 Å². The number of benzene rings is 5. The maximum Gasteiger partial charge on any atom is 0.0403 e. The Morgan fingerprint density at radius 3 is 2.04 bits per heavy atom. The van der Waals surface area contributed by atoms with Crippen molar-refractivity contribution in [1.29, 1.82) is 0 Å². The van der Waals surface area contributed by atoms with Gasteiger partial charge < -0.3 is 5.73 Å². The maximum atomic E-state index is 6.51. The van der Waals surface area contributed by atoms with E-state index in [1.807, 2.05) is 0 Å². The van der Waals surface area contributed by atoms with Crippen LogP contribution < -0.4 is 5.73 Å². The Labute approximate surface area is 134 Å². The predicted octanol–water partition coefficient (Wildman–Crippen LogP) is 5.88. The zero-order valence-corrected chi connectivity index (χ0v) is 13.1. The molecule has 0 amide bonds. The zero-order chi connectivity index (χ0) is 15.6. The van der Waals surface area contributed by atoms with Gasteiger partial charge in [-0.05, 0) is 55.8 Å². The van der Waals surface area contributed by atoms with E-state index in [2.05, 4.69) is 67.6 Å². The zero-order valence-electron chi connectivity index (χ0n) is 13.1. The van der Waals surface area contributed by atoms with Gasteiger partial charge in [0.15, 0.2) is 0 Å². The summed E-state index contributed by atoms with van der Waals surface area (Å²) in [5.41, 5.74) is 8.73. The SMILES string of the molecule is CCc1cc(N)c2c3cccc4cccc(c5cccc1c52)c43. The molecule has 0 aliphatic carbocycles. The number of fused-ring (bicyclic) bond motifs is 2. The molecule has 5 aromatic carbocycles. The van der Waals surface area contributed by atoms with Crippen molar-refractivity contribution in [3.8, 4) is 0 Å². The lowest BCUT2D eigenvalue weighted by Gasteiger charge is -2.17. The van der Waals surface area contributed by atoms with E-state index in [1.165, 1.54) is 48.7 Å². The van der Waals surface area contributed by atoms with Crippen molar-refractivity contribution in [1.82, 2.24) is 0 Å². The molecule has 0 aromatic heterocycles. The van der Waals surface area contributed by atoms with E-state index < -0.39 is 0 Å². The van der Waals surface area contributed by atoms with Crippen molar-refractivity contribution in [2.45, 2.75) is 13.3 Å². The van der Waals surface area contributed by atoms with Gasteiger partial charge in [0.1, 0.15) is 0 Å². The van der Waals surface area contributed by atoms with Gasteiger partial charge in [0, 0.05) is 11.1 Å². The standard InChI is InChI=1S/C22H17N/c1-2-13-12-19(23)22-18-11-4-7-14-6-3-9-16(20(14)18)17-10-5-8-15(13)21(17)22/h3-12H,2,23H2,1H3. The van der Waals surface area contributed by atoms with Crippen LogP contribution in [-0.2, 0) is 6.42 Å². The second-order valence-corrected chi connectivity index (χ2v) is 6.29. The molecule has 0 bridgehead atoms. The molecule has 0 saturated carbocycles. The van der Waals surface area contributed by atoms with E-state index in [9.17, 15) is 0 Å². The van der Waals surface area contributed by atoms with Crippen molar-refractivity contribution < 1.29 is 0 Å². The van der Waals surface area contributed by atoms with Crippen LogP contribution >= 0.6 is 0 Å². The summed E-state index contributed by atoms with van der Waals surface area (Å²) >= 11 is 0. The second-order valence-electron chi connectivity index (χ2n) is 6.29. The Hall–Kier alpha value is -2.80. The van der Waals surface area contributed by atoms with Crippen LogP contribution in [-0.4, -0.2) is 0 Å². The molecule has 0 saturated heterocycles. The van der Waals surface area contributed by atoms with Crippen LogP contribution in [0, 0.1) is 0 Å². The summed E-state index contributed by atoms with van der Waals surface area (Å²) in [6.45, 7) is 2.20. The van der Waals surface area contributed by atoms with Gasteiger partial charge in [-0.2, -0.15) is 0 Å². The molecule has 110 valence electrons. The van der Waals surface area contributed by atoms with Crippen LogP contribution in [0.2, 0.25) is 0 Å². The van der Waals surface area contributed by atoms with Crippen molar-refractivity contribution in [2.24, 2.45) is 0 Å². The predicted molar refractivity (Wildman–Crippen MR) is 101 cm³/mol. The van der Waals surface area contributed by atoms with E-state index in [0.717, 1.165) is 12.1 Å². The summed E-state index contributed by atoms with van der Waals surface area (Å²) < 4.78 is 0. The fourth-order valence-electron chi connectivity index (χ4n) is 4.15. The van der Waals surface area contributed by atoms with E-state index in [-0.39, 0.29) is 0 Å². The van der Waals surface area contributed by atoms with Crippen LogP contribution in [0.5, 0.6) is 0 Å². The third kappa shape index (κ3) is 1.52. The van der Waals surface area contributed by atoms with Gasteiger partial charge in [0.25, 0.3) is 0 Å². The molecule has 0 fully saturated rings. The van der Waals surface area contributed by atoms with E-state index in [1.54, 1.807) is 0 Å². The van der Waals surface area contributed by atoms with Gasteiger partial charge in [-0.1, -0.05) is 61.5 Å². The average Bonchev–Trinajstić information content (AvgIpc) is 2.60. The lowest BCUT2D eigenvalue weighted by Crippen LogP contribution is -1.95. The minimum atomic E-state index is 0.892. The monoisotopic (exact) mass is 295 g/mol. The third-order valence-corrected chi connectivity index (χ3v) is 5.12. The Morgan fingerprint density at radius 2 is 1.30 bits per heavy atom. The first-order valence-corrected chi connectivity index (χ1v) is 8.16. The number of nitrogen functional groups attached to an aromatic ring is 1. The molecule has 2 N–H and O–H groups in total. The van der Waals surface area contributed by atoms with Crippen LogP contribution in [0.1, 0.15) is 12.5 Å². The molecular formula is C22H17N. The number of rotatable bonds is 1. The number of hydrogen-bond donors (Lipinski definition) is 1. The molecule has 1 nitrogen and oxygen atoms in total. The van der Waals surface area contributed by atoms with Gasteiger partial charge >= 0.3 is 0 Å². The number of aryl methyl sites for hydroxylation is 1. The highest BCUT2D eigenvalue weighted by molar-refractivity contribution is 6.35. The number of nitrogens with two attached hydrogens (primary N) is 1. The third-order valence-electron chi connectivity index (χ3n) is 5.12. The minimum absolute atomic E-state index is 0.892. The van der Waals surface area contributed by atoms with Crippen LogP contribution in [0.4, 0.5) is 5.69 Å². The lowest BCUT2D eigenvalue weighted by molar-refractivity contribution is 1.16. The first kappa shape index (κ1) is 12.7. The summed E-state index contributed by atoms with van der Waals surface area (Å²) in [6, 6.07) is 21.9. The molecular weight excluding hydrogens is 278 g/mol. The van der Waals surface area contributed by atoms with Gasteiger partial charge in [0.05, 0.1) is 0 Å². The summed E-state index contributed by atoms with van der Waals surface area (Å²) in [7, 11) is 0. The summed E-state index contributed by atoms with van der Waals surface area (Å²) in [5.74, 6) is 0. The maximum absolute atomic E-state index is 6.51. The Bertz CT molecular complexity index is 1200. The first-order chi connectivity index (χ1) is 11.3. The lowest BCUT2D eigenvalue weighted by atomic mass is 9.87. The molecule has 23 heavy (non-hydrogen) atoms. The highest BCUT2D eigenvalue weighted by Gasteiger charge is 2.15. The molecule has 5 rings (SSSR count). The molecule has 5 aromatic rings. The number of hydrogen-bond acceptors (Lipinski definition) is 1. The Balaban J connectivity index is 2.26. The number of anilines is 1.